The summed E-state index contributed by atoms with van der Waals surface area (Å²) in [5, 5.41) is 0. The van der Waals surface area contributed by atoms with E-state index in [9.17, 15) is 0 Å². The van der Waals surface area contributed by atoms with Gasteiger partial charge in [-0.15, -0.1) is 0 Å². The lowest BCUT2D eigenvalue weighted by molar-refractivity contribution is 0.181. The second-order valence-electron chi connectivity index (χ2n) is 7.67. The standard InChI is InChI=1S/C21H27NO3/c1-14-7-8-15(12-23-5)19(22-14)21(13-25-21)17-11-16(20(2,3)4)9-10-18(17)24-6/h7-11H,12-13H2,1-6H3. The average Bonchev–Trinajstić information content (AvgIpc) is 3.37. The highest BCUT2D eigenvalue weighted by molar-refractivity contribution is 5.51. The van der Waals surface area contributed by atoms with Crippen LogP contribution in [0.15, 0.2) is 30.3 Å². The smallest absolute Gasteiger partial charge is 0.162 e. The summed E-state index contributed by atoms with van der Waals surface area (Å²) < 4.78 is 17.0. The van der Waals surface area contributed by atoms with Crippen molar-refractivity contribution in [3.8, 4) is 5.75 Å². The number of aromatic nitrogens is 1. The Bertz CT molecular complexity index is 773. The van der Waals surface area contributed by atoms with Gasteiger partial charge in [-0.3, -0.25) is 4.98 Å². The molecule has 0 bridgehead atoms. The van der Waals surface area contributed by atoms with Crippen LogP contribution in [-0.4, -0.2) is 25.8 Å². The number of benzene rings is 1. The van der Waals surface area contributed by atoms with E-state index in [0.29, 0.717) is 13.2 Å². The molecule has 1 unspecified atom stereocenters. The van der Waals surface area contributed by atoms with Crippen LogP contribution in [0.25, 0.3) is 0 Å². The van der Waals surface area contributed by atoms with Crippen LogP contribution in [0, 0.1) is 6.92 Å². The second-order valence-corrected chi connectivity index (χ2v) is 7.67. The molecule has 1 fully saturated rings. The number of hydrogen-bond acceptors (Lipinski definition) is 4. The molecule has 1 saturated heterocycles. The Kier molecular flexibility index (Phi) is 4.60. The Hall–Kier alpha value is -1.91. The van der Waals surface area contributed by atoms with Crippen LogP contribution >= 0.6 is 0 Å². The van der Waals surface area contributed by atoms with E-state index >= 15 is 0 Å². The number of aryl methyl sites for hydroxylation is 1. The zero-order valence-electron chi connectivity index (χ0n) is 16.0. The third-order valence-electron chi connectivity index (χ3n) is 4.73. The molecule has 4 nitrogen and oxygen atoms in total. The summed E-state index contributed by atoms with van der Waals surface area (Å²) in [5.41, 5.74) is 4.74. The van der Waals surface area contributed by atoms with Gasteiger partial charge >= 0.3 is 0 Å². The van der Waals surface area contributed by atoms with Crippen LogP contribution < -0.4 is 4.74 Å². The van der Waals surface area contributed by atoms with Crippen molar-refractivity contribution < 1.29 is 14.2 Å². The lowest BCUT2D eigenvalue weighted by Gasteiger charge is -2.24. The lowest BCUT2D eigenvalue weighted by Crippen LogP contribution is -2.20. The second kappa shape index (κ2) is 6.43. The van der Waals surface area contributed by atoms with Crippen molar-refractivity contribution in [2.45, 2.75) is 45.3 Å². The van der Waals surface area contributed by atoms with E-state index in [2.05, 4.69) is 39.0 Å². The van der Waals surface area contributed by atoms with Crippen LogP contribution in [-0.2, 0) is 27.1 Å². The molecule has 1 aromatic heterocycles. The highest BCUT2D eigenvalue weighted by atomic mass is 16.6. The summed E-state index contributed by atoms with van der Waals surface area (Å²) in [6, 6.07) is 10.4. The Morgan fingerprint density at radius 3 is 2.44 bits per heavy atom. The first-order chi connectivity index (χ1) is 11.8. The molecule has 1 aliphatic heterocycles. The fourth-order valence-corrected chi connectivity index (χ4v) is 3.19. The zero-order chi connectivity index (χ0) is 18.2. The van der Waals surface area contributed by atoms with Gasteiger partial charge in [-0.05, 0) is 36.1 Å². The topological polar surface area (TPSA) is 43.9 Å². The number of ether oxygens (including phenoxy) is 3. The lowest BCUT2D eigenvalue weighted by atomic mass is 9.83. The van der Waals surface area contributed by atoms with Gasteiger partial charge in [0.05, 0.1) is 26.0 Å². The molecule has 1 aliphatic rings. The van der Waals surface area contributed by atoms with Crippen LogP contribution in [0.3, 0.4) is 0 Å². The molecule has 134 valence electrons. The first kappa shape index (κ1) is 17.9. The van der Waals surface area contributed by atoms with E-state index < -0.39 is 5.60 Å². The van der Waals surface area contributed by atoms with Gasteiger partial charge < -0.3 is 14.2 Å². The molecular weight excluding hydrogens is 314 g/mol. The van der Waals surface area contributed by atoms with Crippen molar-refractivity contribution in [1.82, 2.24) is 4.98 Å². The third-order valence-corrected chi connectivity index (χ3v) is 4.73. The first-order valence-electron chi connectivity index (χ1n) is 8.61. The van der Waals surface area contributed by atoms with Gasteiger partial charge in [-0.1, -0.05) is 32.9 Å². The van der Waals surface area contributed by atoms with E-state index in [1.807, 2.05) is 19.1 Å². The van der Waals surface area contributed by atoms with Gasteiger partial charge in [-0.25, -0.2) is 0 Å². The average molecular weight is 341 g/mol. The number of epoxide rings is 1. The molecule has 2 heterocycles. The van der Waals surface area contributed by atoms with Crippen molar-refractivity contribution in [1.29, 1.82) is 0 Å². The monoisotopic (exact) mass is 341 g/mol. The fourth-order valence-electron chi connectivity index (χ4n) is 3.19. The minimum absolute atomic E-state index is 0.0481. The fraction of sp³-hybridized carbons (Fsp3) is 0.476. The van der Waals surface area contributed by atoms with Crippen molar-refractivity contribution in [2.75, 3.05) is 20.8 Å². The van der Waals surface area contributed by atoms with Crippen LogP contribution in [0.4, 0.5) is 0 Å². The van der Waals surface area contributed by atoms with Gasteiger partial charge in [0.25, 0.3) is 0 Å². The van der Waals surface area contributed by atoms with Gasteiger partial charge in [0.2, 0.25) is 0 Å². The first-order valence-corrected chi connectivity index (χ1v) is 8.61. The van der Waals surface area contributed by atoms with E-state index in [1.54, 1.807) is 14.2 Å². The minimum atomic E-state index is -0.549. The highest BCUT2D eigenvalue weighted by Gasteiger charge is 2.53. The molecule has 0 aliphatic carbocycles. The normalized spacial score (nSPS) is 19.8. The number of hydrogen-bond donors (Lipinski definition) is 0. The third kappa shape index (κ3) is 3.29. The summed E-state index contributed by atoms with van der Waals surface area (Å²) >= 11 is 0. The van der Waals surface area contributed by atoms with Gasteiger partial charge in [0, 0.05) is 23.9 Å². The molecule has 1 aromatic carbocycles. The predicted molar refractivity (Wildman–Crippen MR) is 98.1 cm³/mol. The summed E-state index contributed by atoms with van der Waals surface area (Å²) in [6.07, 6.45) is 0. The van der Waals surface area contributed by atoms with E-state index in [0.717, 1.165) is 28.3 Å². The molecule has 0 amide bonds. The largest absolute Gasteiger partial charge is 0.496 e. The maximum Gasteiger partial charge on any atom is 0.162 e. The van der Waals surface area contributed by atoms with Crippen molar-refractivity contribution in [3.63, 3.8) is 0 Å². The van der Waals surface area contributed by atoms with Crippen LogP contribution in [0.1, 0.15) is 48.8 Å². The Morgan fingerprint density at radius 1 is 1.16 bits per heavy atom. The summed E-state index contributed by atoms with van der Waals surface area (Å²) in [5.74, 6) is 0.831. The van der Waals surface area contributed by atoms with E-state index in [-0.39, 0.29) is 5.41 Å². The molecule has 0 spiro atoms. The quantitative estimate of drug-likeness (QED) is 0.768. The summed E-state index contributed by atoms with van der Waals surface area (Å²) in [6.45, 7) is 9.74. The minimum Gasteiger partial charge on any atom is -0.496 e. The molecule has 2 aromatic rings. The van der Waals surface area contributed by atoms with Crippen molar-refractivity contribution in [3.05, 3.63) is 58.4 Å². The summed E-state index contributed by atoms with van der Waals surface area (Å²) in [7, 11) is 3.40. The molecule has 25 heavy (non-hydrogen) atoms. The Labute approximate surface area is 150 Å². The zero-order valence-corrected chi connectivity index (χ0v) is 16.0. The van der Waals surface area contributed by atoms with Gasteiger partial charge in [0.15, 0.2) is 5.60 Å². The maximum absolute atomic E-state index is 6.02. The molecule has 4 heteroatoms. The molecular formula is C21H27NO3. The number of nitrogens with zero attached hydrogens (tertiary/aromatic N) is 1. The SMILES string of the molecule is COCc1ccc(C)nc1C1(c2cc(C(C)(C)C)ccc2OC)CO1. The van der Waals surface area contributed by atoms with Crippen LogP contribution in [0.2, 0.25) is 0 Å². The molecule has 1 atom stereocenters. The molecule has 0 radical (unpaired) electrons. The highest BCUT2D eigenvalue weighted by Crippen LogP contribution is 2.50. The van der Waals surface area contributed by atoms with E-state index in [1.165, 1.54) is 5.56 Å². The number of rotatable bonds is 5. The van der Waals surface area contributed by atoms with Gasteiger partial charge in [-0.2, -0.15) is 0 Å². The van der Waals surface area contributed by atoms with E-state index in [4.69, 9.17) is 19.2 Å². The molecule has 0 N–H and O–H groups in total. The summed E-state index contributed by atoms with van der Waals surface area (Å²) in [4.78, 5) is 4.81. The Morgan fingerprint density at radius 2 is 1.88 bits per heavy atom. The van der Waals surface area contributed by atoms with Crippen molar-refractivity contribution in [2.24, 2.45) is 0 Å². The number of methoxy groups -OCH3 is 2. The van der Waals surface area contributed by atoms with Crippen LogP contribution in [0.5, 0.6) is 5.75 Å². The van der Waals surface area contributed by atoms with Gasteiger partial charge in [0.1, 0.15) is 5.75 Å². The molecule has 0 saturated carbocycles. The van der Waals surface area contributed by atoms with Crippen molar-refractivity contribution >= 4 is 0 Å². The Balaban J connectivity index is 2.17. The molecule has 3 rings (SSSR count). The number of pyridine rings is 1. The predicted octanol–water partition coefficient (Wildman–Crippen LogP) is 4.12. The maximum atomic E-state index is 6.02.